The summed E-state index contributed by atoms with van der Waals surface area (Å²) in [6, 6.07) is 8.50. The van der Waals surface area contributed by atoms with Crippen LogP contribution >= 0.6 is 27.5 Å². The molecule has 0 radical (unpaired) electrons. The molecule has 0 saturated heterocycles. The predicted molar refractivity (Wildman–Crippen MR) is 112 cm³/mol. The van der Waals surface area contributed by atoms with Gasteiger partial charge in [0.1, 0.15) is 12.4 Å². The lowest BCUT2D eigenvalue weighted by atomic mass is 10.1. The molecule has 0 aliphatic rings. The molecule has 2 rings (SSSR count). The quantitative estimate of drug-likeness (QED) is 0.390. The SMILES string of the molecule is CCCCCCNCc1cc(Br)c(OCc2c(F)cccc2Cl)c(OC)c1. The van der Waals surface area contributed by atoms with Crippen LogP contribution < -0.4 is 14.8 Å². The highest BCUT2D eigenvalue weighted by molar-refractivity contribution is 9.10. The van der Waals surface area contributed by atoms with Gasteiger partial charge in [0, 0.05) is 12.1 Å². The average molecular weight is 459 g/mol. The van der Waals surface area contributed by atoms with Gasteiger partial charge in [-0.05, 0) is 58.7 Å². The number of methoxy groups -OCH3 is 1. The molecule has 6 heteroatoms. The van der Waals surface area contributed by atoms with Gasteiger partial charge in [0.15, 0.2) is 11.5 Å². The van der Waals surface area contributed by atoms with Crippen LogP contribution in [0.3, 0.4) is 0 Å². The minimum absolute atomic E-state index is 0.0233. The first-order chi connectivity index (χ1) is 13.1. The minimum Gasteiger partial charge on any atom is -0.493 e. The van der Waals surface area contributed by atoms with Gasteiger partial charge in [-0.2, -0.15) is 0 Å². The van der Waals surface area contributed by atoms with Gasteiger partial charge in [-0.3, -0.25) is 0 Å². The molecule has 27 heavy (non-hydrogen) atoms. The normalized spacial score (nSPS) is 10.9. The molecule has 0 unspecified atom stereocenters. The van der Waals surface area contributed by atoms with Crippen molar-refractivity contribution in [2.45, 2.75) is 45.8 Å². The Morgan fingerprint density at radius 3 is 2.70 bits per heavy atom. The Morgan fingerprint density at radius 2 is 2.00 bits per heavy atom. The third-order valence-electron chi connectivity index (χ3n) is 4.25. The second kappa shape index (κ2) is 11.5. The summed E-state index contributed by atoms with van der Waals surface area (Å²) < 4.78 is 26.0. The van der Waals surface area contributed by atoms with E-state index in [1.165, 1.54) is 31.7 Å². The fraction of sp³-hybridized carbons (Fsp3) is 0.429. The molecule has 148 valence electrons. The highest BCUT2D eigenvalue weighted by atomic mass is 79.9. The molecule has 0 aromatic heterocycles. The Hall–Kier alpha value is -1.30. The smallest absolute Gasteiger partial charge is 0.175 e. The number of rotatable bonds is 11. The first kappa shape index (κ1) is 22.0. The first-order valence-corrected chi connectivity index (χ1v) is 10.4. The fourth-order valence-corrected chi connectivity index (χ4v) is 3.56. The van der Waals surface area contributed by atoms with Gasteiger partial charge in [0.2, 0.25) is 0 Å². The Labute approximate surface area is 174 Å². The summed E-state index contributed by atoms with van der Waals surface area (Å²) in [5.41, 5.74) is 1.41. The number of hydrogen-bond acceptors (Lipinski definition) is 3. The molecule has 0 amide bonds. The van der Waals surface area contributed by atoms with Crippen molar-refractivity contribution in [2.75, 3.05) is 13.7 Å². The van der Waals surface area contributed by atoms with Gasteiger partial charge in [0.05, 0.1) is 16.6 Å². The molecule has 1 N–H and O–H groups in total. The van der Waals surface area contributed by atoms with Crippen LogP contribution in [0.1, 0.15) is 43.7 Å². The van der Waals surface area contributed by atoms with Crippen molar-refractivity contribution < 1.29 is 13.9 Å². The second-order valence-corrected chi connectivity index (χ2v) is 7.60. The highest BCUT2D eigenvalue weighted by Crippen LogP contribution is 2.37. The summed E-state index contributed by atoms with van der Waals surface area (Å²) in [6.07, 6.45) is 4.95. The number of halogens is 3. The van der Waals surface area contributed by atoms with Crippen LogP contribution in [0.15, 0.2) is 34.8 Å². The Morgan fingerprint density at radius 1 is 1.19 bits per heavy atom. The van der Waals surface area contributed by atoms with Gasteiger partial charge >= 0.3 is 0 Å². The van der Waals surface area contributed by atoms with Crippen molar-refractivity contribution in [3.63, 3.8) is 0 Å². The average Bonchev–Trinajstić information content (AvgIpc) is 2.65. The molecule has 2 aromatic carbocycles. The lowest BCUT2D eigenvalue weighted by Crippen LogP contribution is -2.14. The number of unbranched alkanes of at least 4 members (excludes halogenated alkanes) is 3. The van der Waals surface area contributed by atoms with E-state index in [0.717, 1.165) is 23.1 Å². The summed E-state index contributed by atoms with van der Waals surface area (Å²) in [7, 11) is 1.59. The van der Waals surface area contributed by atoms with Gasteiger partial charge in [0.25, 0.3) is 0 Å². The zero-order chi connectivity index (χ0) is 19.6. The van der Waals surface area contributed by atoms with Crippen molar-refractivity contribution in [3.05, 3.63) is 56.8 Å². The van der Waals surface area contributed by atoms with Crippen molar-refractivity contribution >= 4 is 27.5 Å². The number of hydrogen-bond donors (Lipinski definition) is 1. The fourth-order valence-electron chi connectivity index (χ4n) is 2.74. The molecule has 0 fully saturated rings. The van der Waals surface area contributed by atoms with E-state index < -0.39 is 0 Å². The maximum atomic E-state index is 13.9. The maximum Gasteiger partial charge on any atom is 0.175 e. The largest absolute Gasteiger partial charge is 0.493 e. The van der Waals surface area contributed by atoms with Crippen molar-refractivity contribution in [1.29, 1.82) is 0 Å². The van der Waals surface area contributed by atoms with Crippen LogP contribution in [0.25, 0.3) is 0 Å². The second-order valence-electron chi connectivity index (χ2n) is 6.34. The van der Waals surface area contributed by atoms with E-state index in [2.05, 4.69) is 28.2 Å². The van der Waals surface area contributed by atoms with E-state index >= 15 is 0 Å². The number of ether oxygens (including phenoxy) is 2. The van der Waals surface area contributed by atoms with Gasteiger partial charge in [-0.15, -0.1) is 0 Å². The van der Waals surface area contributed by atoms with E-state index in [1.807, 2.05) is 12.1 Å². The van der Waals surface area contributed by atoms with E-state index in [4.69, 9.17) is 21.1 Å². The van der Waals surface area contributed by atoms with E-state index in [9.17, 15) is 4.39 Å². The topological polar surface area (TPSA) is 30.5 Å². The molecule has 0 spiro atoms. The first-order valence-electron chi connectivity index (χ1n) is 9.19. The maximum absolute atomic E-state index is 13.9. The third-order valence-corrected chi connectivity index (χ3v) is 5.19. The van der Waals surface area contributed by atoms with Gasteiger partial charge in [-0.25, -0.2) is 4.39 Å². The molecule has 0 heterocycles. The molecule has 0 atom stereocenters. The summed E-state index contributed by atoms with van der Waals surface area (Å²) in [6.45, 7) is 3.97. The van der Waals surface area contributed by atoms with Crippen molar-refractivity contribution in [2.24, 2.45) is 0 Å². The minimum atomic E-state index is -0.388. The third kappa shape index (κ3) is 6.66. The number of benzene rings is 2. The highest BCUT2D eigenvalue weighted by Gasteiger charge is 2.14. The van der Waals surface area contributed by atoms with Crippen LogP contribution in [0.2, 0.25) is 5.02 Å². The molecule has 0 bridgehead atoms. The lowest BCUT2D eigenvalue weighted by molar-refractivity contribution is 0.277. The van der Waals surface area contributed by atoms with Crippen molar-refractivity contribution in [1.82, 2.24) is 5.32 Å². The Bertz CT molecular complexity index is 722. The van der Waals surface area contributed by atoms with E-state index in [-0.39, 0.29) is 12.4 Å². The van der Waals surface area contributed by atoms with Crippen LogP contribution in [-0.4, -0.2) is 13.7 Å². The summed E-state index contributed by atoms with van der Waals surface area (Å²) in [5, 5.41) is 3.79. The van der Waals surface area contributed by atoms with Gasteiger partial charge in [-0.1, -0.05) is 43.9 Å². The summed E-state index contributed by atoms with van der Waals surface area (Å²) in [4.78, 5) is 0. The molecule has 3 nitrogen and oxygen atoms in total. The zero-order valence-corrected chi connectivity index (χ0v) is 18.1. The molecular formula is C21H26BrClFNO2. The van der Waals surface area contributed by atoms with E-state index in [0.29, 0.717) is 22.1 Å². The summed E-state index contributed by atoms with van der Waals surface area (Å²) in [5.74, 6) is 0.740. The summed E-state index contributed by atoms with van der Waals surface area (Å²) >= 11 is 9.60. The number of nitrogens with one attached hydrogen (secondary N) is 1. The van der Waals surface area contributed by atoms with Crippen LogP contribution in [0.5, 0.6) is 11.5 Å². The van der Waals surface area contributed by atoms with Gasteiger partial charge < -0.3 is 14.8 Å². The van der Waals surface area contributed by atoms with Crippen LogP contribution in [-0.2, 0) is 13.2 Å². The molecule has 0 aliphatic heterocycles. The molecule has 0 aliphatic carbocycles. The van der Waals surface area contributed by atoms with Crippen molar-refractivity contribution in [3.8, 4) is 11.5 Å². The van der Waals surface area contributed by atoms with Crippen LogP contribution in [0, 0.1) is 5.82 Å². The molecule has 0 saturated carbocycles. The zero-order valence-electron chi connectivity index (χ0n) is 15.8. The lowest BCUT2D eigenvalue weighted by Gasteiger charge is -2.15. The Balaban J connectivity index is 2.01. The van der Waals surface area contributed by atoms with E-state index in [1.54, 1.807) is 19.2 Å². The Kier molecular flexibility index (Phi) is 9.39. The standard InChI is InChI=1S/C21H26BrClFNO2/c1-3-4-5-6-10-25-13-15-11-17(22)21(20(12-15)26-2)27-14-16-18(23)8-7-9-19(16)24/h7-9,11-12,25H,3-6,10,13-14H2,1-2H3. The monoisotopic (exact) mass is 457 g/mol. The molecule has 2 aromatic rings. The molecular weight excluding hydrogens is 433 g/mol. The van der Waals surface area contributed by atoms with Crippen LogP contribution in [0.4, 0.5) is 4.39 Å². The predicted octanol–water partition coefficient (Wildman–Crippen LogP) is 6.50.